The van der Waals surface area contributed by atoms with Crippen molar-refractivity contribution < 1.29 is 13.2 Å². The molecule has 1 nitrogen and oxygen atoms in total. The van der Waals surface area contributed by atoms with Crippen molar-refractivity contribution in [3.63, 3.8) is 0 Å². The van der Waals surface area contributed by atoms with Crippen molar-refractivity contribution in [2.75, 3.05) is 0 Å². The summed E-state index contributed by atoms with van der Waals surface area (Å²) in [5, 5.41) is 0.631. The van der Waals surface area contributed by atoms with Gasteiger partial charge in [0, 0.05) is 5.39 Å². The lowest BCUT2D eigenvalue weighted by atomic mass is 10.1. The molecule has 17 heavy (non-hydrogen) atoms. The van der Waals surface area contributed by atoms with Crippen molar-refractivity contribution in [2.24, 2.45) is 0 Å². The Morgan fingerprint density at radius 3 is 2.35 bits per heavy atom. The van der Waals surface area contributed by atoms with E-state index in [0.29, 0.717) is 16.5 Å². The van der Waals surface area contributed by atoms with Crippen LogP contribution < -0.4 is 0 Å². The number of alkyl halides is 3. The third-order valence-electron chi connectivity index (χ3n) is 2.49. The van der Waals surface area contributed by atoms with Crippen LogP contribution in [0.4, 0.5) is 13.2 Å². The van der Waals surface area contributed by atoms with Gasteiger partial charge in [-0.15, -0.1) is 0 Å². The summed E-state index contributed by atoms with van der Waals surface area (Å²) in [5.41, 5.74) is 0.976. The molecule has 0 atom stereocenters. The van der Waals surface area contributed by atoms with Crippen LogP contribution in [0.25, 0.3) is 10.9 Å². The van der Waals surface area contributed by atoms with Gasteiger partial charge in [0.15, 0.2) is 0 Å². The first-order valence-electron chi connectivity index (χ1n) is 4.94. The van der Waals surface area contributed by atoms with Crippen LogP contribution in [0.1, 0.15) is 16.8 Å². The van der Waals surface area contributed by atoms with Gasteiger partial charge in [0.1, 0.15) is 5.69 Å². The first-order valence-corrected chi connectivity index (χ1v) is 5.31. The lowest BCUT2D eigenvalue weighted by Gasteiger charge is -2.10. The molecule has 1 aromatic carbocycles. The number of halogens is 4. The van der Waals surface area contributed by atoms with E-state index in [1.807, 2.05) is 6.92 Å². The maximum absolute atomic E-state index is 12.6. The molecule has 2 rings (SSSR count). The van der Waals surface area contributed by atoms with Crippen LogP contribution >= 0.6 is 11.6 Å². The molecule has 1 heterocycles. The predicted molar refractivity (Wildman–Crippen MR) is 61.2 cm³/mol. The Hall–Kier alpha value is -1.29. The second kappa shape index (κ2) is 3.88. The number of rotatable bonds is 0. The molecule has 0 spiro atoms. The zero-order chi connectivity index (χ0) is 12.8. The highest BCUT2D eigenvalue weighted by molar-refractivity contribution is 6.35. The molecular weight excluding hydrogens is 251 g/mol. The molecule has 90 valence electrons. The van der Waals surface area contributed by atoms with E-state index in [1.165, 1.54) is 0 Å². The summed E-state index contributed by atoms with van der Waals surface area (Å²) in [7, 11) is 0. The highest BCUT2D eigenvalue weighted by Crippen LogP contribution is 2.34. The SMILES string of the molecule is Cc1cc(C)c2nc(C(F)(F)F)cc(Cl)c2c1. The van der Waals surface area contributed by atoms with E-state index < -0.39 is 11.9 Å². The van der Waals surface area contributed by atoms with Crippen molar-refractivity contribution in [1.82, 2.24) is 4.98 Å². The number of benzene rings is 1. The molecule has 0 saturated carbocycles. The molecule has 0 radical (unpaired) electrons. The number of aromatic nitrogens is 1. The fourth-order valence-electron chi connectivity index (χ4n) is 1.79. The van der Waals surface area contributed by atoms with Gasteiger partial charge in [0.05, 0.1) is 10.5 Å². The van der Waals surface area contributed by atoms with E-state index in [2.05, 4.69) is 4.98 Å². The largest absolute Gasteiger partial charge is 0.433 e. The van der Waals surface area contributed by atoms with E-state index in [4.69, 9.17) is 11.6 Å². The molecule has 0 unspecified atom stereocenters. The van der Waals surface area contributed by atoms with Gasteiger partial charge < -0.3 is 0 Å². The molecule has 0 bridgehead atoms. The minimum Gasteiger partial charge on any atom is -0.243 e. The number of hydrogen-bond acceptors (Lipinski definition) is 1. The summed E-state index contributed by atoms with van der Waals surface area (Å²) in [6.45, 7) is 3.58. The van der Waals surface area contributed by atoms with Crippen molar-refractivity contribution in [1.29, 1.82) is 0 Å². The first-order chi connectivity index (χ1) is 7.79. The van der Waals surface area contributed by atoms with Crippen molar-refractivity contribution in [3.8, 4) is 0 Å². The van der Waals surface area contributed by atoms with Crippen LogP contribution in [0.3, 0.4) is 0 Å². The van der Waals surface area contributed by atoms with E-state index in [9.17, 15) is 13.2 Å². The lowest BCUT2D eigenvalue weighted by molar-refractivity contribution is -0.140. The van der Waals surface area contributed by atoms with Crippen LogP contribution in [0.5, 0.6) is 0 Å². The van der Waals surface area contributed by atoms with Gasteiger partial charge in [-0.05, 0) is 31.5 Å². The summed E-state index contributed by atoms with van der Waals surface area (Å²) >= 11 is 5.87. The zero-order valence-electron chi connectivity index (χ0n) is 9.19. The van der Waals surface area contributed by atoms with Crippen molar-refractivity contribution in [2.45, 2.75) is 20.0 Å². The standard InChI is InChI=1S/C12H9ClF3N/c1-6-3-7(2)11-8(4-6)9(13)5-10(17-11)12(14,15)16/h3-5H,1-2H3. The first kappa shape index (κ1) is 12.2. The van der Waals surface area contributed by atoms with Crippen LogP contribution in [0.15, 0.2) is 18.2 Å². The third kappa shape index (κ3) is 2.22. The molecule has 5 heteroatoms. The quantitative estimate of drug-likeness (QED) is 0.678. The van der Waals surface area contributed by atoms with E-state index >= 15 is 0 Å². The Balaban J connectivity index is 2.83. The van der Waals surface area contributed by atoms with Crippen LogP contribution in [-0.4, -0.2) is 4.98 Å². The molecule has 1 aromatic heterocycles. The normalized spacial score (nSPS) is 12.1. The Bertz CT molecular complexity index is 590. The topological polar surface area (TPSA) is 12.9 Å². The zero-order valence-corrected chi connectivity index (χ0v) is 9.95. The molecule has 0 aliphatic carbocycles. The van der Waals surface area contributed by atoms with Crippen LogP contribution in [-0.2, 0) is 6.18 Å². The molecular formula is C12H9ClF3N. The average Bonchev–Trinajstić information content (AvgIpc) is 2.17. The third-order valence-corrected chi connectivity index (χ3v) is 2.80. The van der Waals surface area contributed by atoms with Gasteiger partial charge >= 0.3 is 6.18 Å². The van der Waals surface area contributed by atoms with Gasteiger partial charge in [-0.2, -0.15) is 13.2 Å². The Kier molecular flexibility index (Phi) is 2.78. The highest BCUT2D eigenvalue weighted by atomic mass is 35.5. The summed E-state index contributed by atoms with van der Waals surface area (Å²) in [6.07, 6.45) is -4.48. The molecule has 0 aliphatic heterocycles. The minimum atomic E-state index is -4.48. The molecule has 2 aromatic rings. The number of nitrogens with zero attached hydrogens (tertiary/aromatic N) is 1. The smallest absolute Gasteiger partial charge is 0.243 e. The Morgan fingerprint density at radius 2 is 1.76 bits per heavy atom. The molecule has 0 aliphatic rings. The van der Waals surface area contributed by atoms with Gasteiger partial charge in [-0.1, -0.05) is 23.2 Å². The number of aryl methyl sites for hydroxylation is 2. The molecule has 0 N–H and O–H groups in total. The lowest BCUT2D eigenvalue weighted by Crippen LogP contribution is -2.08. The Morgan fingerprint density at radius 1 is 1.12 bits per heavy atom. The summed E-state index contributed by atoms with van der Waals surface area (Å²) in [6, 6.07) is 4.38. The van der Waals surface area contributed by atoms with Gasteiger partial charge in [0.2, 0.25) is 0 Å². The van der Waals surface area contributed by atoms with Gasteiger partial charge in [-0.25, -0.2) is 4.98 Å². The fraction of sp³-hybridized carbons (Fsp3) is 0.250. The molecule has 0 amide bonds. The highest BCUT2D eigenvalue weighted by Gasteiger charge is 2.33. The number of pyridine rings is 1. The average molecular weight is 260 g/mol. The summed E-state index contributed by atoms with van der Waals surface area (Å²) < 4.78 is 37.8. The monoisotopic (exact) mass is 259 g/mol. The predicted octanol–water partition coefficient (Wildman–Crippen LogP) is 4.52. The second-order valence-electron chi connectivity index (χ2n) is 3.97. The summed E-state index contributed by atoms with van der Waals surface area (Å²) in [5.74, 6) is 0. The maximum atomic E-state index is 12.6. The van der Waals surface area contributed by atoms with E-state index in [0.717, 1.165) is 11.6 Å². The van der Waals surface area contributed by atoms with Crippen molar-refractivity contribution in [3.05, 3.63) is 40.0 Å². The van der Waals surface area contributed by atoms with Crippen molar-refractivity contribution >= 4 is 22.5 Å². The second-order valence-corrected chi connectivity index (χ2v) is 4.37. The van der Waals surface area contributed by atoms with Gasteiger partial charge in [-0.3, -0.25) is 0 Å². The molecule has 0 saturated heterocycles. The molecule has 0 fully saturated rings. The minimum absolute atomic E-state index is 0.0779. The number of fused-ring (bicyclic) bond motifs is 1. The van der Waals surface area contributed by atoms with Crippen LogP contribution in [0.2, 0.25) is 5.02 Å². The number of hydrogen-bond donors (Lipinski definition) is 0. The van der Waals surface area contributed by atoms with E-state index in [1.54, 1.807) is 19.1 Å². The Labute approximate surface area is 101 Å². The fourth-order valence-corrected chi connectivity index (χ4v) is 2.03. The van der Waals surface area contributed by atoms with E-state index in [-0.39, 0.29) is 5.02 Å². The van der Waals surface area contributed by atoms with Gasteiger partial charge in [0.25, 0.3) is 0 Å². The summed E-state index contributed by atoms with van der Waals surface area (Å²) in [4.78, 5) is 3.64. The maximum Gasteiger partial charge on any atom is 0.433 e. The van der Waals surface area contributed by atoms with Crippen LogP contribution in [0, 0.1) is 13.8 Å².